The van der Waals surface area contributed by atoms with Gasteiger partial charge in [0.2, 0.25) is 0 Å². The van der Waals surface area contributed by atoms with Crippen LogP contribution in [0.4, 0.5) is 0 Å². The van der Waals surface area contributed by atoms with Gasteiger partial charge in [-0.05, 0) is 37.3 Å². The van der Waals surface area contributed by atoms with Crippen molar-refractivity contribution in [2.45, 2.75) is 44.8 Å². The lowest BCUT2D eigenvalue weighted by molar-refractivity contribution is 0.0946. The molecule has 0 saturated carbocycles. The highest BCUT2D eigenvalue weighted by Crippen LogP contribution is 2.25. The molecule has 4 heterocycles. The molecule has 27 heavy (non-hydrogen) atoms. The molecule has 4 rings (SSSR count). The molecule has 1 aliphatic rings. The molecule has 142 valence electrons. The first-order valence-electron chi connectivity index (χ1n) is 9.27. The topological polar surface area (TPSA) is 101 Å². The van der Waals surface area contributed by atoms with Crippen LogP contribution in [0.15, 0.2) is 29.9 Å². The fourth-order valence-electron chi connectivity index (χ4n) is 3.32. The second kappa shape index (κ2) is 8.45. The van der Waals surface area contributed by atoms with Gasteiger partial charge < -0.3 is 10.6 Å². The van der Waals surface area contributed by atoms with Crippen molar-refractivity contribution in [3.05, 3.63) is 41.2 Å². The summed E-state index contributed by atoms with van der Waals surface area (Å²) in [5.74, 6) is -0.227. The zero-order chi connectivity index (χ0) is 18.5. The maximum Gasteiger partial charge on any atom is 0.273 e. The van der Waals surface area contributed by atoms with Crippen molar-refractivity contribution in [3.63, 3.8) is 0 Å². The van der Waals surface area contributed by atoms with E-state index in [9.17, 15) is 4.79 Å². The maximum absolute atomic E-state index is 12.4. The van der Waals surface area contributed by atoms with Gasteiger partial charge in [0, 0.05) is 24.7 Å². The van der Waals surface area contributed by atoms with Crippen molar-refractivity contribution in [2.24, 2.45) is 0 Å². The van der Waals surface area contributed by atoms with Crippen LogP contribution in [0.3, 0.4) is 0 Å². The number of rotatable bonds is 7. The summed E-state index contributed by atoms with van der Waals surface area (Å²) in [5.41, 5.74) is 2.23. The fourth-order valence-corrected chi connectivity index (χ4v) is 4.07. The molecule has 0 bridgehead atoms. The summed E-state index contributed by atoms with van der Waals surface area (Å²) in [5, 5.41) is 23.6. The van der Waals surface area contributed by atoms with E-state index >= 15 is 0 Å². The molecule has 3 aromatic rings. The van der Waals surface area contributed by atoms with E-state index in [1.807, 2.05) is 17.5 Å². The van der Waals surface area contributed by atoms with Gasteiger partial charge in [-0.3, -0.25) is 14.6 Å². The molecule has 1 saturated heterocycles. The van der Waals surface area contributed by atoms with Gasteiger partial charge >= 0.3 is 0 Å². The van der Waals surface area contributed by atoms with E-state index in [0.29, 0.717) is 18.3 Å². The van der Waals surface area contributed by atoms with Crippen molar-refractivity contribution in [1.82, 2.24) is 35.8 Å². The fraction of sp³-hybridized carbons (Fsp3) is 0.444. The van der Waals surface area contributed by atoms with E-state index in [1.165, 1.54) is 19.3 Å². The van der Waals surface area contributed by atoms with Crippen molar-refractivity contribution < 1.29 is 4.79 Å². The summed E-state index contributed by atoms with van der Waals surface area (Å²) in [6.45, 7) is 2.25. The van der Waals surface area contributed by atoms with E-state index in [1.54, 1.807) is 28.4 Å². The molecule has 3 N–H and O–H groups in total. The molecule has 0 aliphatic carbocycles. The van der Waals surface area contributed by atoms with Crippen molar-refractivity contribution in [2.75, 3.05) is 6.54 Å². The molecule has 1 amide bonds. The maximum atomic E-state index is 12.4. The van der Waals surface area contributed by atoms with Crippen LogP contribution in [0.1, 0.15) is 41.7 Å². The number of hydrogen-bond donors (Lipinski definition) is 3. The molecule has 1 atom stereocenters. The number of aromatic amines is 1. The highest BCUT2D eigenvalue weighted by Gasteiger charge is 2.15. The Morgan fingerprint density at radius 2 is 2.37 bits per heavy atom. The molecule has 9 heteroatoms. The molecule has 0 radical (unpaired) electrons. The third-order valence-corrected chi connectivity index (χ3v) is 5.70. The van der Waals surface area contributed by atoms with Crippen LogP contribution < -0.4 is 10.6 Å². The normalized spacial score (nSPS) is 17.1. The van der Waals surface area contributed by atoms with Gasteiger partial charge in [0.15, 0.2) is 5.69 Å². The Hall–Kier alpha value is -2.52. The van der Waals surface area contributed by atoms with E-state index in [0.717, 1.165) is 35.6 Å². The summed E-state index contributed by atoms with van der Waals surface area (Å²) in [6, 6.07) is 4.55. The molecular formula is C18H23N7OS. The van der Waals surface area contributed by atoms with Gasteiger partial charge in [-0.2, -0.15) is 5.10 Å². The second-order valence-corrected chi connectivity index (χ2v) is 7.68. The zero-order valence-electron chi connectivity index (χ0n) is 15.0. The first-order chi connectivity index (χ1) is 13.3. The monoisotopic (exact) mass is 385 g/mol. The SMILES string of the molecule is O=C(NCc1cn[nH]c1-c1cccs1)c1cn(CCC2CCCCN2)nn1. The van der Waals surface area contributed by atoms with Crippen molar-refractivity contribution in [1.29, 1.82) is 0 Å². The molecule has 1 aliphatic heterocycles. The number of nitrogens with zero attached hydrogens (tertiary/aromatic N) is 4. The van der Waals surface area contributed by atoms with Crippen LogP contribution in [0.5, 0.6) is 0 Å². The third-order valence-electron chi connectivity index (χ3n) is 4.82. The summed E-state index contributed by atoms with van der Waals surface area (Å²) >= 11 is 1.63. The number of piperidine rings is 1. The Morgan fingerprint density at radius 1 is 1.41 bits per heavy atom. The molecule has 8 nitrogen and oxygen atoms in total. The summed E-state index contributed by atoms with van der Waals surface area (Å²) in [6.07, 6.45) is 8.21. The number of hydrogen-bond acceptors (Lipinski definition) is 6. The summed E-state index contributed by atoms with van der Waals surface area (Å²) in [7, 11) is 0. The van der Waals surface area contributed by atoms with Crippen LogP contribution in [-0.4, -0.2) is 43.7 Å². The van der Waals surface area contributed by atoms with Gasteiger partial charge in [0.05, 0.1) is 23.0 Å². The lowest BCUT2D eigenvalue weighted by Gasteiger charge is -2.23. The van der Waals surface area contributed by atoms with E-state index in [-0.39, 0.29) is 5.91 Å². The number of carbonyl (C=O) groups is 1. The number of aromatic nitrogens is 5. The standard InChI is InChI=1S/C18H23N7OS/c26-18(20-10-13-11-21-23-17(13)16-5-3-9-27-16)15-12-25(24-22-15)8-6-14-4-1-2-7-19-14/h3,5,9,11-12,14,19H,1-2,4,6-8,10H2,(H,20,26)(H,21,23). The van der Waals surface area contributed by atoms with E-state index < -0.39 is 0 Å². The first kappa shape index (κ1) is 17.9. The Labute approximate surface area is 161 Å². The Kier molecular flexibility index (Phi) is 5.59. The van der Waals surface area contributed by atoms with Crippen LogP contribution in [0.2, 0.25) is 0 Å². The Balaban J connectivity index is 1.30. The van der Waals surface area contributed by atoms with E-state index in [2.05, 4.69) is 31.1 Å². The van der Waals surface area contributed by atoms with Crippen LogP contribution in [0, 0.1) is 0 Å². The van der Waals surface area contributed by atoms with Gasteiger partial charge in [0.1, 0.15) is 0 Å². The Bertz CT molecular complexity index is 864. The lowest BCUT2D eigenvalue weighted by atomic mass is 10.0. The van der Waals surface area contributed by atoms with Crippen LogP contribution >= 0.6 is 11.3 Å². The molecule has 0 aromatic carbocycles. The summed E-state index contributed by atoms with van der Waals surface area (Å²) < 4.78 is 1.75. The van der Waals surface area contributed by atoms with Crippen molar-refractivity contribution in [3.8, 4) is 10.6 Å². The van der Waals surface area contributed by atoms with Gasteiger partial charge in [-0.1, -0.05) is 17.7 Å². The largest absolute Gasteiger partial charge is 0.346 e. The third kappa shape index (κ3) is 4.42. The number of nitrogens with one attached hydrogen (secondary N) is 3. The molecule has 1 unspecified atom stereocenters. The van der Waals surface area contributed by atoms with Gasteiger partial charge in [-0.15, -0.1) is 16.4 Å². The first-order valence-corrected chi connectivity index (χ1v) is 10.2. The van der Waals surface area contributed by atoms with Gasteiger partial charge in [0.25, 0.3) is 5.91 Å². The number of H-pyrrole nitrogens is 1. The highest BCUT2D eigenvalue weighted by atomic mass is 32.1. The van der Waals surface area contributed by atoms with Gasteiger partial charge in [-0.25, -0.2) is 0 Å². The van der Waals surface area contributed by atoms with Crippen LogP contribution in [0.25, 0.3) is 10.6 Å². The summed E-state index contributed by atoms with van der Waals surface area (Å²) in [4.78, 5) is 13.5. The average molecular weight is 385 g/mol. The number of carbonyl (C=O) groups excluding carboxylic acids is 1. The highest BCUT2D eigenvalue weighted by molar-refractivity contribution is 7.13. The molecular weight excluding hydrogens is 362 g/mol. The lowest BCUT2D eigenvalue weighted by Crippen LogP contribution is -2.34. The number of thiophene rings is 1. The number of aryl methyl sites for hydroxylation is 1. The Morgan fingerprint density at radius 3 is 3.19 bits per heavy atom. The predicted octanol–water partition coefficient (Wildman–Crippen LogP) is 2.19. The average Bonchev–Trinajstić information content (AvgIpc) is 3.46. The predicted molar refractivity (Wildman–Crippen MR) is 103 cm³/mol. The van der Waals surface area contributed by atoms with E-state index in [4.69, 9.17) is 0 Å². The minimum absolute atomic E-state index is 0.227. The molecule has 1 fully saturated rings. The quantitative estimate of drug-likeness (QED) is 0.579. The van der Waals surface area contributed by atoms with Crippen LogP contribution in [-0.2, 0) is 13.1 Å². The molecule has 0 spiro atoms. The molecule has 3 aromatic heterocycles. The minimum atomic E-state index is -0.227. The minimum Gasteiger partial charge on any atom is -0.346 e. The second-order valence-electron chi connectivity index (χ2n) is 6.73. The zero-order valence-corrected chi connectivity index (χ0v) is 15.8. The van der Waals surface area contributed by atoms with Crippen molar-refractivity contribution >= 4 is 17.2 Å². The number of amides is 1. The smallest absolute Gasteiger partial charge is 0.273 e.